The summed E-state index contributed by atoms with van der Waals surface area (Å²) >= 11 is 0. The van der Waals surface area contributed by atoms with Crippen LogP contribution in [0.2, 0.25) is 0 Å². The van der Waals surface area contributed by atoms with Crippen molar-refractivity contribution < 1.29 is 4.79 Å². The van der Waals surface area contributed by atoms with Gasteiger partial charge < -0.3 is 15.2 Å². The van der Waals surface area contributed by atoms with Crippen molar-refractivity contribution in [3.05, 3.63) is 41.6 Å². The van der Waals surface area contributed by atoms with Crippen LogP contribution < -0.4 is 10.2 Å². The van der Waals surface area contributed by atoms with Crippen LogP contribution in [0.5, 0.6) is 0 Å². The second-order valence-electron chi connectivity index (χ2n) is 7.30. The van der Waals surface area contributed by atoms with E-state index in [9.17, 15) is 4.79 Å². The SMILES string of the molecule is CC(=O)NC1CCN(c2nc(-c3ccccc3)nc3[nH]c(C)c(C)c23)CC1. The van der Waals surface area contributed by atoms with Crippen molar-refractivity contribution in [1.29, 1.82) is 0 Å². The Bertz CT molecular complexity index is 971. The summed E-state index contributed by atoms with van der Waals surface area (Å²) in [5.74, 6) is 1.77. The zero-order chi connectivity index (χ0) is 19.0. The molecular formula is C21H25N5O. The molecule has 0 atom stereocenters. The molecule has 27 heavy (non-hydrogen) atoms. The fourth-order valence-corrected chi connectivity index (χ4v) is 3.81. The summed E-state index contributed by atoms with van der Waals surface area (Å²) < 4.78 is 0. The van der Waals surface area contributed by atoms with Crippen molar-refractivity contribution in [1.82, 2.24) is 20.3 Å². The maximum absolute atomic E-state index is 11.3. The molecule has 1 aliphatic heterocycles. The van der Waals surface area contributed by atoms with E-state index in [1.807, 2.05) is 30.3 Å². The summed E-state index contributed by atoms with van der Waals surface area (Å²) in [6.45, 7) is 7.52. The van der Waals surface area contributed by atoms with Crippen molar-refractivity contribution in [3.63, 3.8) is 0 Å². The molecule has 2 aromatic heterocycles. The average molecular weight is 363 g/mol. The Morgan fingerprint density at radius 1 is 1.15 bits per heavy atom. The Hall–Kier alpha value is -2.89. The van der Waals surface area contributed by atoms with Crippen LogP contribution in [0.1, 0.15) is 31.0 Å². The number of rotatable bonds is 3. The number of anilines is 1. The first-order valence-corrected chi connectivity index (χ1v) is 9.47. The number of aryl methyl sites for hydroxylation is 2. The van der Waals surface area contributed by atoms with Gasteiger partial charge in [0.25, 0.3) is 0 Å². The minimum Gasteiger partial charge on any atom is -0.356 e. The molecule has 2 N–H and O–H groups in total. The number of carbonyl (C=O) groups excluding carboxylic acids is 1. The summed E-state index contributed by atoms with van der Waals surface area (Å²) in [6, 6.07) is 10.3. The molecule has 0 saturated carbocycles. The highest BCUT2D eigenvalue weighted by Gasteiger charge is 2.24. The molecule has 1 aliphatic rings. The molecule has 0 aliphatic carbocycles. The van der Waals surface area contributed by atoms with E-state index >= 15 is 0 Å². The van der Waals surface area contributed by atoms with Crippen molar-refractivity contribution >= 4 is 22.8 Å². The summed E-state index contributed by atoms with van der Waals surface area (Å²) in [5.41, 5.74) is 4.22. The molecule has 1 amide bonds. The lowest BCUT2D eigenvalue weighted by atomic mass is 10.0. The van der Waals surface area contributed by atoms with Gasteiger partial charge in [0.1, 0.15) is 11.5 Å². The minimum atomic E-state index is 0.0429. The van der Waals surface area contributed by atoms with E-state index in [1.165, 1.54) is 5.56 Å². The van der Waals surface area contributed by atoms with Gasteiger partial charge in [-0.15, -0.1) is 0 Å². The molecule has 0 bridgehead atoms. The third kappa shape index (κ3) is 3.39. The molecule has 4 rings (SSSR count). The monoisotopic (exact) mass is 363 g/mol. The number of nitrogens with zero attached hydrogens (tertiary/aromatic N) is 3. The number of amides is 1. The molecule has 1 aromatic carbocycles. The van der Waals surface area contributed by atoms with E-state index in [0.29, 0.717) is 0 Å². The second-order valence-corrected chi connectivity index (χ2v) is 7.30. The first-order chi connectivity index (χ1) is 13.0. The van der Waals surface area contributed by atoms with Gasteiger partial charge in [-0.2, -0.15) is 0 Å². The van der Waals surface area contributed by atoms with Crippen LogP contribution in [-0.4, -0.2) is 40.0 Å². The van der Waals surface area contributed by atoms with Gasteiger partial charge in [-0.3, -0.25) is 4.79 Å². The summed E-state index contributed by atoms with van der Waals surface area (Å²) in [5, 5.41) is 4.14. The zero-order valence-corrected chi connectivity index (χ0v) is 16.0. The van der Waals surface area contributed by atoms with Gasteiger partial charge in [0.05, 0.1) is 5.39 Å². The largest absolute Gasteiger partial charge is 0.356 e. The molecule has 1 saturated heterocycles. The second kappa shape index (κ2) is 7.02. The number of hydrogen-bond donors (Lipinski definition) is 2. The predicted molar refractivity (Wildman–Crippen MR) is 108 cm³/mol. The normalized spacial score (nSPS) is 15.3. The van der Waals surface area contributed by atoms with Crippen LogP contribution in [-0.2, 0) is 4.79 Å². The van der Waals surface area contributed by atoms with Crippen LogP contribution >= 0.6 is 0 Å². The number of fused-ring (bicyclic) bond motifs is 1. The Balaban J connectivity index is 1.74. The maximum atomic E-state index is 11.3. The van der Waals surface area contributed by atoms with Crippen molar-refractivity contribution in [2.45, 2.75) is 39.7 Å². The van der Waals surface area contributed by atoms with Gasteiger partial charge in [-0.05, 0) is 32.3 Å². The van der Waals surface area contributed by atoms with Crippen molar-refractivity contribution in [2.75, 3.05) is 18.0 Å². The van der Waals surface area contributed by atoms with Crippen LogP contribution in [0.3, 0.4) is 0 Å². The van der Waals surface area contributed by atoms with Crippen LogP contribution in [0.15, 0.2) is 30.3 Å². The summed E-state index contributed by atoms with van der Waals surface area (Å²) in [7, 11) is 0. The number of aromatic amines is 1. The number of piperidine rings is 1. The van der Waals surface area contributed by atoms with Gasteiger partial charge in [-0.25, -0.2) is 9.97 Å². The molecule has 3 aromatic rings. The Kier molecular flexibility index (Phi) is 4.56. The average Bonchev–Trinajstić information content (AvgIpc) is 2.96. The smallest absolute Gasteiger partial charge is 0.217 e. The number of carbonyl (C=O) groups is 1. The lowest BCUT2D eigenvalue weighted by Crippen LogP contribution is -2.44. The van der Waals surface area contributed by atoms with Crippen LogP contribution in [0.25, 0.3) is 22.4 Å². The number of benzene rings is 1. The fraction of sp³-hybridized carbons (Fsp3) is 0.381. The quantitative estimate of drug-likeness (QED) is 0.748. The number of nitrogens with one attached hydrogen (secondary N) is 2. The van der Waals surface area contributed by atoms with Gasteiger partial charge >= 0.3 is 0 Å². The third-order valence-electron chi connectivity index (χ3n) is 5.37. The van der Waals surface area contributed by atoms with E-state index < -0.39 is 0 Å². The highest BCUT2D eigenvalue weighted by atomic mass is 16.1. The molecule has 3 heterocycles. The van der Waals surface area contributed by atoms with Gasteiger partial charge in [0, 0.05) is 37.3 Å². The highest BCUT2D eigenvalue weighted by molar-refractivity contribution is 5.93. The Labute approximate surface area is 159 Å². The lowest BCUT2D eigenvalue weighted by Gasteiger charge is -2.33. The first-order valence-electron chi connectivity index (χ1n) is 9.47. The number of H-pyrrole nitrogens is 1. The maximum Gasteiger partial charge on any atom is 0.217 e. The van der Waals surface area contributed by atoms with Gasteiger partial charge in [0.2, 0.25) is 5.91 Å². The molecule has 0 unspecified atom stereocenters. The van der Waals surface area contributed by atoms with Crippen molar-refractivity contribution in [2.24, 2.45) is 0 Å². The van der Waals surface area contributed by atoms with Gasteiger partial charge in [-0.1, -0.05) is 30.3 Å². The third-order valence-corrected chi connectivity index (χ3v) is 5.37. The zero-order valence-electron chi connectivity index (χ0n) is 16.0. The van der Waals surface area contributed by atoms with E-state index in [0.717, 1.165) is 59.9 Å². The fourth-order valence-electron chi connectivity index (χ4n) is 3.81. The highest BCUT2D eigenvalue weighted by Crippen LogP contribution is 2.32. The van der Waals surface area contributed by atoms with Crippen molar-refractivity contribution in [3.8, 4) is 11.4 Å². The predicted octanol–water partition coefficient (Wildman–Crippen LogP) is 3.35. The Morgan fingerprint density at radius 2 is 1.85 bits per heavy atom. The Morgan fingerprint density at radius 3 is 2.52 bits per heavy atom. The topological polar surface area (TPSA) is 73.9 Å². The molecular weight excluding hydrogens is 338 g/mol. The molecule has 0 radical (unpaired) electrons. The first kappa shape index (κ1) is 17.5. The van der Waals surface area contributed by atoms with Gasteiger partial charge in [0.15, 0.2) is 5.82 Å². The van der Waals surface area contributed by atoms with E-state index in [1.54, 1.807) is 6.92 Å². The minimum absolute atomic E-state index is 0.0429. The lowest BCUT2D eigenvalue weighted by molar-refractivity contribution is -0.119. The number of hydrogen-bond acceptors (Lipinski definition) is 4. The molecule has 1 fully saturated rings. The van der Waals surface area contributed by atoms with E-state index in [2.05, 4.69) is 29.0 Å². The van der Waals surface area contributed by atoms with E-state index in [-0.39, 0.29) is 11.9 Å². The molecule has 140 valence electrons. The molecule has 0 spiro atoms. The van der Waals surface area contributed by atoms with Crippen LogP contribution in [0, 0.1) is 13.8 Å². The van der Waals surface area contributed by atoms with Crippen LogP contribution in [0.4, 0.5) is 5.82 Å². The number of aromatic nitrogens is 3. The van der Waals surface area contributed by atoms with E-state index in [4.69, 9.17) is 9.97 Å². The molecule has 6 nitrogen and oxygen atoms in total. The summed E-state index contributed by atoms with van der Waals surface area (Å²) in [4.78, 5) is 26.8. The standard InChI is InChI=1S/C21H25N5O/c1-13-14(2)22-20-18(13)21(25-19(24-20)16-7-5-4-6-8-16)26-11-9-17(10-12-26)23-15(3)27/h4-8,17H,9-12H2,1-3H3,(H,23,27)(H,22,24,25). The molecule has 6 heteroatoms. The summed E-state index contributed by atoms with van der Waals surface area (Å²) in [6.07, 6.45) is 1.85.